The first kappa shape index (κ1) is 13.4. The average Bonchev–Trinajstić information content (AvgIpc) is 2.82. The first-order valence-corrected chi connectivity index (χ1v) is 6.35. The van der Waals surface area contributed by atoms with Gasteiger partial charge in [0.1, 0.15) is 0 Å². The first-order chi connectivity index (χ1) is 9.11. The largest absolute Gasteiger partial charge is 0.361 e. The predicted molar refractivity (Wildman–Crippen MR) is 77.8 cm³/mol. The highest BCUT2D eigenvalue weighted by molar-refractivity contribution is 5.86. The summed E-state index contributed by atoms with van der Waals surface area (Å²) in [6, 6.07) is 7.36. The van der Waals surface area contributed by atoms with E-state index in [-0.39, 0.29) is 11.9 Å². The van der Waals surface area contributed by atoms with Crippen LogP contribution in [0.15, 0.2) is 43.1 Å². The number of nitrogens with one attached hydrogen (secondary N) is 2. The van der Waals surface area contributed by atoms with Crippen LogP contribution in [-0.4, -0.2) is 23.0 Å². The normalized spacial score (nSPS) is 14.0. The average molecular weight is 257 g/mol. The lowest BCUT2D eigenvalue weighted by molar-refractivity contribution is -0.122. The summed E-state index contributed by atoms with van der Waals surface area (Å²) in [5, 5.41) is 3.91. The standard InChI is InChI=1S/C15H19N3O/c1-3-10(2)18-15(19)13(16)8-11-9-17-14-7-5-4-6-12(11)14/h3-7,9-10,13,17H,1,8,16H2,2H3,(H,18,19)/t10?,13-/m0/s1. The minimum absolute atomic E-state index is 0.0680. The fourth-order valence-corrected chi connectivity index (χ4v) is 2.02. The third-order valence-corrected chi connectivity index (χ3v) is 3.17. The number of H-pyrrole nitrogens is 1. The van der Waals surface area contributed by atoms with Gasteiger partial charge in [0.2, 0.25) is 5.91 Å². The Morgan fingerprint density at radius 2 is 2.26 bits per heavy atom. The molecular weight excluding hydrogens is 238 g/mol. The Morgan fingerprint density at radius 1 is 1.53 bits per heavy atom. The SMILES string of the molecule is C=CC(C)NC(=O)[C@@H](N)Cc1c[nH]c2ccccc12. The van der Waals surface area contributed by atoms with Crippen LogP contribution in [0.3, 0.4) is 0 Å². The number of rotatable bonds is 5. The zero-order valence-electron chi connectivity index (χ0n) is 11.0. The maximum atomic E-state index is 11.9. The highest BCUT2D eigenvalue weighted by atomic mass is 16.2. The van der Waals surface area contributed by atoms with E-state index in [4.69, 9.17) is 5.73 Å². The van der Waals surface area contributed by atoms with E-state index in [0.29, 0.717) is 6.42 Å². The Hall–Kier alpha value is -2.07. The number of nitrogens with two attached hydrogens (primary N) is 1. The van der Waals surface area contributed by atoms with Crippen LogP contribution in [0.4, 0.5) is 0 Å². The molecule has 1 unspecified atom stereocenters. The van der Waals surface area contributed by atoms with Crippen LogP contribution in [-0.2, 0) is 11.2 Å². The van der Waals surface area contributed by atoms with E-state index in [1.54, 1.807) is 6.08 Å². The van der Waals surface area contributed by atoms with E-state index in [1.165, 1.54) is 0 Å². The van der Waals surface area contributed by atoms with Crippen LogP contribution < -0.4 is 11.1 Å². The summed E-state index contributed by atoms with van der Waals surface area (Å²) >= 11 is 0. The van der Waals surface area contributed by atoms with Crippen molar-refractivity contribution in [3.05, 3.63) is 48.7 Å². The van der Waals surface area contributed by atoms with Crippen molar-refractivity contribution in [2.75, 3.05) is 0 Å². The van der Waals surface area contributed by atoms with Crippen LogP contribution >= 0.6 is 0 Å². The maximum absolute atomic E-state index is 11.9. The Labute approximate surface area is 112 Å². The molecule has 4 heteroatoms. The monoisotopic (exact) mass is 257 g/mol. The van der Waals surface area contributed by atoms with Gasteiger partial charge in [-0.3, -0.25) is 4.79 Å². The Balaban J connectivity index is 2.08. The second kappa shape index (κ2) is 5.71. The summed E-state index contributed by atoms with van der Waals surface area (Å²) in [5.74, 6) is -0.155. The van der Waals surface area contributed by atoms with Crippen LogP contribution in [0.1, 0.15) is 12.5 Å². The van der Waals surface area contributed by atoms with Gasteiger partial charge < -0.3 is 16.0 Å². The van der Waals surface area contributed by atoms with Crippen molar-refractivity contribution in [2.24, 2.45) is 5.73 Å². The third-order valence-electron chi connectivity index (χ3n) is 3.17. The van der Waals surface area contributed by atoms with Crippen LogP contribution in [0.5, 0.6) is 0 Å². The van der Waals surface area contributed by atoms with E-state index in [9.17, 15) is 4.79 Å². The van der Waals surface area contributed by atoms with Crippen molar-refractivity contribution in [1.29, 1.82) is 0 Å². The molecule has 0 radical (unpaired) electrons. The minimum atomic E-state index is -0.554. The summed E-state index contributed by atoms with van der Waals surface area (Å²) < 4.78 is 0. The van der Waals surface area contributed by atoms with Crippen molar-refractivity contribution in [3.8, 4) is 0 Å². The molecular formula is C15H19N3O. The molecule has 2 atom stereocenters. The maximum Gasteiger partial charge on any atom is 0.237 e. The molecule has 1 aromatic heterocycles. The zero-order valence-corrected chi connectivity index (χ0v) is 11.0. The molecule has 2 aromatic rings. The van der Waals surface area contributed by atoms with Gasteiger partial charge in [-0.25, -0.2) is 0 Å². The molecule has 0 bridgehead atoms. The Kier molecular flexibility index (Phi) is 4.02. The van der Waals surface area contributed by atoms with E-state index in [0.717, 1.165) is 16.5 Å². The van der Waals surface area contributed by atoms with Gasteiger partial charge in [0.05, 0.1) is 6.04 Å². The minimum Gasteiger partial charge on any atom is -0.361 e. The van der Waals surface area contributed by atoms with Gasteiger partial charge in [0, 0.05) is 23.1 Å². The van der Waals surface area contributed by atoms with Crippen molar-refractivity contribution < 1.29 is 4.79 Å². The molecule has 4 N–H and O–H groups in total. The van der Waals surface area contributed by atoms with Gasteiger partial charge in [-0.1, -0.05) is 24.3 Å². The third kappa shape index (κ3) is 3.03. The zero-order chi connectivity index (χ0) is 13.8. The number of benzene rings is 1. The van der Waals surface area contributed by atoms with E-state index >= 15 is 0 Å². The van der Waals surface area contributed by atoms with Gasteiger partial charge in [-0.2, -0.15) is 0 Å². The molecule has 0 aliphatic heterocycles. The lowest BCUT2D eigenvalue weighted by Gasteiger charge is -2.14. The molecule has 0 fully saturated rings. The Bertz CT molecular complexity index is 588. The molecule has 0 aliphatic rings. The highest BCUT2D eigenvalue weighted by Gasteiger charge is 2.16. The molecule has 0 spiro atoms. The van der Waals surface area contributed by atoms with E-state index in [1.807, 2.05) is 37.4 Å². The number of para-hydroxylation sites is 1. The highest BCUT2D eigenvalue weighted by Crippen LogP contribution is 2.18. The summed E-state index contributed by atoms with van der Waals surface area (Å²) in [7, 11) is 0. The number of amides is 1. The molecule has 100 valence electrons. The number of fused-ring (bicyclic) bond motifs is 1. The lowest BCUT2D eigenvalue weighted by Crippen LogP contribution is -2.44. The van der Waals surface area contributed by atoms with Gasteiger partial charge in [-0.15, -0.1) is 6.58 Å². The van der Waals surface area contributed by atoms with Crippen molar-refractivity contribution in [2.45, 2.75) is 25.4 Å². The summed E-state index contributed by atoms with van der Waals surface area (Å²) in [6.45, 7) is 5.49. The molecule has 2 rings (SSSR count). The predicted octanol–water partition coefficient (Wildman–Crippen LogP) is 1.73. The van der Waals surface area contributed by atoms with Gasteiger partial charge >= 0.3 is 0 Å². The molecule has 1 aromatic carbocycles. The second-order valence-corrected chi connectivity index (χ2v) is 4.70. The number of aromatic nitrogens is 1. The van der Waals surface area contributed by atoms with Gasteiger partial charge in [-0.05, 0) is 25.0 Å². The van der Waals surface area contributed by atoms with Crippen LogP contribution in [0.25, 0.3) is 10.9 Å². The number of hydrogen-bond donors (Lipinski definition) is 3. The fraction of sp³-hybridized carbons (Fsp3) is 0.267. The number of carbonyl (C=O) groups excluding carboxylic acids is 1. The van der Waals surface area contributed by atoms with Crippen LogP contribution in [0, 0.1) is 0 Å². The summed E-state index contributed by atoms with van der Waals surface area (Å²) in [5.41, 5.74) is 8.06. The van der Waals surface area contributed by atoms with Crippen LogP contribution in [0.2, 0.25) is 0 Å². The molecule has 1 heterocycles. The molecule has 0 saturated heterocycles. The fourth-order valence-electron chi connectivity index (χ4n) is 2.02. The van der Waals surface area contributed by atoms with Gasteiger partial charge in [0.15, 0.2) is 0 Å². The first-order valence-electron chi connectivity index (χ1n) is 6.35. The molecule has 19 heavy (non-hydrogen) atoms. The van der Waals surface area contributed by atoms with Crippen molar-refractivity contribution >= 4 is 16.8 Å². The topological polar surface area (TPSA) is 70.9 Å². The van der Waals surface area contributed by atoms with Crippen molar-refractivity contribution in [1.82, 2.24) is 10.3 Å². The number of carbonyl (C=O) groups is 1. The lowest BCUT2D eigenvalue weighted by atomic mass is 10.0. The van der Waals surface area contributed by atoms with Crippen molar-refractivity contribution in [3.63, 3.8) is 0 Å². The molecule has 0 aliphatic carbocycles. The molecule has 0 saturated carbocycles. The second-order valence-electron chi connectivity index (χ2n) is 4.70. The quantitative estimate of drug-likeness (QED) is 0.714. The summed E-state index contributed by atoms with van der Waals surface area (Å²) in [4.78, 5) is 15.1. The Morgan fingerprint density at radius 3 is 3.00 bits per heavy atom. The number of aromatic amines is 1. The number of hydrogen-bond acceptors (Lipinski definition) is 2. The smallest absolute Gasteiger partial charge is 0.237 e. The summed E-state index contributed by atoms with van der Waals surface area (Å²) in [6.07, 6.45) is 4.10. The molecule has 4 nitrogen and oxygen atoms in total. The van der Waals surface area contributed by atoms with Gasteiger partial charge in [0.25, 0.3) is 0 Å². The van der Waals surface area contributed by atoms with E-state index in [2.05, 4.69) is 16.9 Å². The molecule has 1 amide bonds. The van der Waals surface area contributed by atoms with E-state index < -0.39 is 6.04 Å².